The second-order valence-corrected chi connectivity index (χ2v) is 3.93. The molecule has 1 aromatic rings. The molecule has 0 radical (unpaired) electrons. The molecule has 2 N–H and O–H groups in total. The standard InChI is InChI=1S/C7H12N4S2/c1-3-5-10-11-6(13-5)4-9-7(12)8-2/h3-4H2,1-2H3,(H2,8,9,12). The first kappa shape index (κ1) is 10.3. The fourth-order valence-corrected chi connectivity index (χ4v) is 1.54. The summed E-state index contributed by atoms with van der Waals surface area (Å²) in [6, 6.07) is 0. The third-order valence-electron chi connectivity index (χ3n) is 1.44. The van der Waals surface area contributed by atoms with Gasteiger partial charge in [-0.25, -0.2) is 0 Å². The number of hydrogen-bond donors (Lipinski definition) is 2. The second-order valence-electron chi connectivity index (χ2n) is 2.38. The predicted octanol–water partition coefficient (Wildman–Crippen LogP) is 0.694. The van der Waals surface area contributed by atoms with E-state index in [9.17, 15) is 0 Å². The Kier molecular flexibility index (Phi) is 4.04. The lowest BCUT2D eigenvalue weighted by Crippen LogP contribution is -2.31. The van der Waals surface area contributed by atoms with E-state index in [0.717, 1.165) is 16.4 Å². The van der Waals surface area contributed by atoms with Crippen LogP contribution in [0.4, 0.5) is 0 Å². The number of aromatic nitrogens is 2. The molecule has 0 aromatic carbocycles. The Labute approximate surface area is 86.8 Å². The van der Waals surface area contributed by atoms with Gasteiger partial charge in [0.15, 0.2) is 5.11 Å². The van der Waals surface area contributed by atoms with Crippen LogP contribution in [0.2, 0.25) is 0 Å². The van der Waals surface area contributed by atoms with E-state index in [1.54, 1.807) is 18.4 Å². The van der Waals surface area contributed by atoms with Gasteiger partial charge in [-0.15, -0.1) is 10.2 Å². The van der Waals surface area contributed by atoms with Gasteiger partial charge in [-0.2, -0.15) is 0 Å². The molecule has 1 heterocycles. The Hall–Kier alpha value is -0.750. The number of nitrogens with zero attached hydrogens (tertiary/aromatic N) is 2. The molecule has 0 bridgehead atoms. The van der Waals surface area contributed by atoms with Gasteiger partial charge in [0.25, 0.3) is 0 Å². The second kappa shape index (κ2) is 5.08. The summed E-state index contributed by atoms with van der Waals surface area (Å²) in [7, 11) is 1.78. The highest BCUT2D eigenvalue weighted by Gasteiger charge is 2.01. The van der Waals surface area contributed by atoms with E-state index in [4.69, 9.17) is 12.2 Å². The summed E-state index contributed by atoms with van der Waals surface area (Å²) in [6.45, 7) is 2.72. The van der Waals surface area contributed by atoms with E-state index in [1.165, 1.54) is 0 Å². The number of rotatable bonds is 3. The molecule has 72 valence electrons. The Morgan fingerprint density at radius 1 is 1.46 bits per heavy atom. The summed E-state index contributed by atoms with van der Waals surface area (Å²) in [5.41, 5.74) is 0. The Morgan fingerprint density at radius 3 is 2.69 bits per heavy atom. The maximum absolute atomic E-state index is 4.92. The minimum absolute atomic E-state index is 0.633. The van der Waals surface area contributed by atoms with Crippen LogP contribution in [0.1, 0.15) is 16.9 Å². The first-order valence-corrected chi connectivity index (χ1v) is 5.25. The number of hydrogen-bond acceptors (Lipinski definition) is 4. The molecular formula is C7H12N4S2. The molecule has 1 rings (SSSR count). The zero-order valence-corrected chi connectivity index (χ0v) is 9.26. The summed E-state index contributed by atoms with van der Waals surface area (Å²) in [5, 5.41) is 16.5. The molecular weight excluding hydrogens is 204 g/mol. The van der Waals surface area contributed by atoms with E-state index in [-0.39, 0.29) is 0 Å². The number of aryl methyl sites for hydroxylation is 1. The Bertz CT molecular complexity index is 284. The average molecular weight is 216 g/mol. The van der Waals surface area contributed by atoms with Gasteiger partial charge in [-0.3, -0.25) is 0 Å². The van der Waals surface area contributed by atoms with Crippen LogP contribution in [0, 0.1) is 0 Å². The van der Waals surface area contributed by atoms with Crippen molar-refractivity contribution in [2.75, 3.05) is 7.05 Å². The summed E-state index contributed by atoms with van der Waals surface area (Å²) in [6.07, 6.45) is 0.939. The van der Waals surface area contributed by atoms with Crippen molar-refractivity contribution in [3.05, 3.63) is 10.0 Å². The van der Waals surface area contributed by atoms with E-state index in [1.807, 2.05) is 0 Å². The molecule has 0 aliphatic heterocycles. The lowest BCUT2D eigenvalue weighted by Gasteiger charge is -2.02. The van der Waals surface area contributed by atoms with Gasteiger partial charge in [0.1, 0.15) is 10.0 Å². The number of nitrogens with one attached hydrogen (secondary N) is 2. The highest BCUT2D eigenvalue weighted by molar-refractivity contribution is 7.80. The largest absolute Gasteiger partial charge is 0.366 e. The zero-order valence-electron chi connectivity index (χ0n) is 7.63. The van der Waals surface area contributed by atoms with Gasteiger partial charge >= 0.3 is 0 Å². The molecule has 1 aromatic heterocycles. The third kappa shape index (κ3) is 3.23. The highest BCUT2D eigenvalue weighted by atomic mass is 32.1. The molecule has 13 heavy (non-hydrogen) atoms. The van der Waals surface area contributed by atoms with Crippen molar-refractivity contribution in [3.63, 3.8) is 0 Å². The minimum atomic E-state index is 0.633. The highest BCUT2D eigenvalue weighted by Crippen LogP contribution is 2.09. The molecule has 0 spiro atoms. The molecule has 0 atom stereocenters. The molecule has 0 unspecified atom stereocenters. The lowest BCUT2D eigenvalue weighted by molar-refractivity contribution is 0.847. The Balaban J connectivity index is 2.41. The molecule has 0 aliphatic carbocycles. The zero-order chi connectivity index (χ0) is 9.68. The molecule has 4 nitrogen and oxygen atoms in total. The Morgan fingerprint density at radius 2 is 2.15 bits per heavy atom. The quantitative estimate of drug-likeness (QED) is 0.728. The van der Waals surface area contributed by atoms with Crippen LogP contribution >= 0.6 is 23.6 Å². The summed E-state index contributed by atoms with van der Waals surface area (Å²) < 4.78 is 0. The molecule has 0 aliphatic rings. The maximum atomic E-state index is 4.92. The third-order valence-corrected chi connectivity index (χ3v) is 2.85. The predicted molar refractivity (Wildman–Crippen MR) is 57.8 cm³/mol. The van der Waals surface area contributed by atoms with Gasteiger partial charge in [0.2, 0.25) is 0 Å². The fraction of sp³-hybridized carbons (Fsp3) is 0.571. The van der Waals surface area contributed by atoms with Gasteiger partial charge in [-0.1, -0.05) is 18.3 Å². The van der Waals surface area contributed by atoms with E-state index >= 15 is 0 Å². The normalized spacial score (nSPS) is 9.69. The molecule has 0 saturated heterocycles. The maximum Gasteiger partial charge on any atom is 0.166 e. The van der Waals surface area contributed by atoms with Gasteiger partial charge in [0, 0.05) is 7.05 Å². The SMILES string of the molecule is CCc1nnc(CNC(=S)NC)s1. The first-order chi connectivity index (χ1) is 6.26. The van der Waals surface area contributed by atoms with Crippen LogP contribution in [0.25, 0.3) is 0 Å². The smallest absolute Gasteiger partial charge is 0.166 e. The van der Waals surface area contributed by atoms with Crippen LogP contribution < -0.4 is 10.6 Å². The van der Waals surface area contributed by atoms with Crippen molar-refractivity contribution in [1.29, 1.82) is 0 Å². The molecule has 6 heteroatoms. The summed E-state index contributed by atoms with van der Waals surface area (Å²) in [5.74, 6) is 0. The fourth-order valence-electron chi connectivity index (χ4n) is 0.747. The molecule has 0 fully saturated rings. The van der Waals surface area contributed by atoms with Crippen molar-refractivity contribution >= 4 is 28.7 Å². The van der Waals surface area contributed by atoms with Gasteiger partial charge in [0.05, 0.1) is 6.54 Å². The average Bonchev–Trinajstić information content (AvgIpc) is 2.61. The van der Waals surface area contributed by atoms with Crippen molar-refractivity contribution < 1.29 is 0 Å². The van der Waals surface area contributed by atoms with E-state index < -0.39 is 0 Å². The van der Waals surface area contributed by atoms with Crippen molar-refractivity contribution in [2.45, 2.75) is 19.9 Å². The summed E-state index contributed by atoms with van der Waals surface area (Å²) in [4.78, 5) is 0. The van der Waals surface area contributed by atoms with Crippen molar-refractivity contribution in [2.24, 2.45) is 0 Å². The van der Waals surface area contributed by atoms with E-state index in [2.05, 4.69) is 27.8 Å². The van der Waals surface area contributed by atoms with Crippen LogP contribution in [-0.4, -0.2) is 22.4 Å². The van der Waals surface area contributed by atoms with Crippen LogP contribution in [0.3, 0.4) is 0 Å². The van der Waals surface area contributed by atoms with Crippen LogP contribution in [-0.2, 0) is 13.0 Å². The van der Waals surface area contributed by atoms with Crippen LogP contribution in [0.15, 0.2) is 0 Å². The topological polar surface area (TPSA) is 49.8 Å². The monoisotopic (exact) mass is 216 g/mol. The van der Waals surface area contributed by atoms with Gasteiger partial charge < -0.3 is 10.6 Å². The molecule has 0 saturated carbocycles. The lowest BCUT2D eigenvalue weighted by atomic mass is 10.5. The van der Waals surface area contributed by atoms with Crippen LogP contribution in [0.5, 0.6) is 0 Å². The van der Waals surface area contributed by atoms with Gasteiger partial charge in [-0.05, 0) is 18.6 Å². The minimum Gasteiger partial charge on any atom is -0.366 e. The van der Waals surface area contributed by atoms with Crippen molar-refractivity contribution in [1.82, 2.24) is 20.8 Å². The van der Waals surface area contributed by atoms with Crippen molar-refractivity contribution in [3.8, 4) is 0 Å². The molecule has 0 amide bonds. The van der Waals surface area contributed by atoms with E-state index in [0.29, 0.717) is 11.7 Å². The summed E-state index contributed by atoms with van der Waals surface area (Å²) >= 11 is 6.54. The number of thiocarbonyl (C=S) groups is 1. The first-order valence-electron chi connectivity index (χ1n) is 4.03.